The van der Waals surface area contributed by atoms with Crippen molar-refractivity contribution < 1.29 is 19.4 Å². The molecule has 2 heterocycles. The molecule has 0 spiro atoms. The number of amides is 1. The second-order valence-electron chi connectivity index (χ2n) is 5.67. The molecule has 1 aliphatic heterocycles. The van der Waals surface area contributed by atoms with Crippen molar-refractivity contribution in [2.24, 2.45) is 5.92 Å². The topological polar surface area (TPSA) is 71.9 Å². The standard InChI is InChI=1S/C16H24N2O4/c1-12-8-17-4-3-15(12)16(20)18-9-13(11-19)7-14(10-18)22-6-5-21-2/h3-4,8,13-14,19H,5-7,9-11H2,1-2H3. The molecule has 2 unspecified atom stereocenters. The minimum absolute atomic E-state index is 0.0293. The van der Waals surface area contributed by atoms with E-state index in [1.807, 2.05) is 6.92 Å². The van der Waals surface area contributed by atoms with Crippen LogP contribution in [0.15, 0.2) is 18.5 Å². The number of methoxy groups -OCH3 is 1. The molecule has 22 heavy (non-hydrogen) atoms. The lowest BCUT2D eigenvalue weighted by molar-refractivity contribution is -0.0376. The van der Waals surface area contributed by atoms with Crippen LogP contribution in [-0.2, 0) is 9.47 Å². The molecule has 1 aliphatic rings. The number of pyridine rings is 1. The van der Waals surface area contributed by atoms with Gasteiger partial charge in [-0.2, -0.15) is 0 Å². The average Bonchev–Trinajstić information content (AvgIpc) is 2.54. The van der Waals surface area contributed by atoms with E-state index in [4.69, 9.17) is 9.47 Å². The van der Waals surface area contributed by atoms with Gasteiger partial charge in [0.15, 0.2) is 0 Å². The quantitative estimate of drug-likeness (QED) is 0.790. The first kappa shape index (κ1) is 16.9. The molecule has 1 aromatic rings. The van der Waals surface area contributed by atoms with Crippen LogP contribution < -0.4 is 0 Å². The van der Waals surface area contributed by atoms with Crippen LogP contribution in [0.1, 0.15) is 22.3 Å². The Hall–Kier alpha value is -1.50. The van der Waals surface area contributed by atoms with Gasteiger partial charge in [-0.05, 0) is 25.0 Å². The van der Waals surface area contributed by atoms with E-state index in [0.717, 1.165) is 12.0 Å². The molecule has 6 heteroatoms. The van der Waals surface area contributed by atoms with Crippen molar-refractivity contribution in [3.63, 3.8) is 0 Å². The number of carbonyl (C=O) groups is 1. The number of hydrogen-bond acceptors (Lipinski definition) is 5. The molecule has 1 saturated heterocycles. The lowest BCUT2D eigenvalue weighted by atomic mass is 9.95. The SMILES string of the molecule is COCCOC1CC(CO)CN(C(=O)c2ccncc2C)C1. The fraction of sp³-hybridized carbons (Fsp3) is 0.625. The third-order valence-corrected chi connectivity index (χ3v) is 3.94. The molecular formula is C16H24N2O4. The maximum Gasteiger partial charge on any atom is 0.254 e. The van der Waals surface area contributed by atoms with Crippen molar-refractivity contribution in [1.82, 2.24) is 9.88 Å². The molecule has 1 aromatic heterocycles. The second-order valence-corrected chi connectivity index (χ2v) is 5.67. The molecule has 0 radical (unpaired) electrons. The first-order valence-corrected chi connectivity index (χ1v) is 7.57. The van der Waals surface area contributed by atoms with Crippen LogP contribution in [0.2, 0.25) is 0 Å². The van der Waals surface area contributed by atoms with Crippen molar-refractivity contribution in [3.05, 3.63) is 29.6 Å². The Morgan fingerprint density at radius 3 is 2.95 bits per heavy atom. The number of aliphatic hydroxyl groups is 1. The minimum atomic E-state index is -0.0628. The average molecular weight is 308 g/mol. The van der Waals surface area contributed by atoms with Crippen LogP contribution in [0.3, 0.4) is 0 Å². The number of rotatable bonds is 6. The predicted octanol–water partition coefficient (Wildman–Crippen LogP) is 0.876. The van der Waals surface area contributed by atoms with Crippen molar-refractivity contribution in [1.29, 1.82) is 0 Å². The second kappa shape index (κ2) is 8.22. The van der Waals surface area contributed by atoms with E-state index < -0.39 is 0 Å². The number of aryl methyl sites for hydroxylation is 1. The molecular weight excluding hydrogens is 284 g/mol. The molecule has 122 valence electrons. The minimum Gasteiger partial charge on any atom is -0.396 e. The summed E-state index contributed by atoms with van der Waals surface area (Å²) >= 11 is 0. The van der Waals surface area contributed by atoms with Crippen molar-refractivity contribution in [2.75, 3.05) is 40.0 Å². The molecule has 0 saturated carbocycles. The van der Waals surface area contributed by atoms with Crippen LogP contribution in [0, 0.1) is 12.8 Å². The molecule has 1 N–H and O–H groups in total. The van der Waals surface area contributed by atoms with Gasteiger partial charge in [-0.15, -0.1) is 0 Å². The number of ether oxygens (including phenoxy) is 2. The molecule has 1 fully saturated rings. The smallest absolute Gasteiger partial charge is 0.254 e. The van der Waals surface area contributed by atoms with Gasteiger partial charge in [0.1, 0.15) is 0 Å². The maximum absolute atomic E-state index is 12.7. The highest BCUT2D eigenvalue weighted by atomic mass is 16.5. The van der Waals surface area contributed by atoms with E-state index in [0.29, 0.717) is 31.9 Å². The molecule has 0 bridgehead atoms. The molecule has 1 amide bonds. The summed E-state index contributed by atoms with van der Waals surface area (Å²) < 4.78 is 10.7. The highest BCUT2D eigenvalue weighted by Gasteiger charge is 2.31. The zero-order valence-corrected chi connectivity index (χ0v) is 13.2. The van der Waals surface area contributed by atoms with Gasteiger partial charge in [0, 0.05) is 50.7 Å². The summed E-state index contributed by atoms with van der Waals surface area (Å²) in [5, 5.41) is 9.48. The highest BCUT2D eigenvalue weighted by molar-refractivity contribution is 5.95. The van der Waals surface area contributed by atoms with Gasteiger partial charge in [-0.3, -0.25) is 9.78 Å². The summed E-state index contributed by atoms with van der Waals surface area (Å²) in [6, 6.07) is 1.74. The Morgan fingerprint density at radius 1 is 1.45 bits per heavy atom. The number of aliphatic hydroxyl groups excluding tert-OH is 1. The zero-order valence-electron chi connectivity index (χ0n) is 13.2. The number of aromatic nitrogens is 1. The molecule has 2 rings (SSSR count). The Balaban J connectivity index is 2.05. The number of hydrogen-bond donors (Lipinski definition) is 1. The van der Waals surface area contributed by atoms with Gasteiger partial charge in [-0.25, -0.2) is 0 Å². The Morgan fingerprint density at radius 2 is 2.27 bits per heavy atom. The third kappa shape index (κ3) is 4.25. The highest BCUT2D eigenvalue weighted by Crippen LogP contribution is 2.21. The largest absolute Gasteiger partial charge is 0.396 e. The summed E-state index contributed by atoms with van der Waals surface area (Å²) in [4.78, 5) is 18.5. The monoisotopic (exact) mass is 308 g/mol. The summed E-state index contributed by atoms with van der Waals surface area (Å²) in [5.41, 5.74) is 1.51. The van der Waals surface area contributed by atoms with Crippen molar-refractivity contribution >= 4 is 5.91 Å². The predicted molar refractivity (Wildman–Crippen MR) is 81.7 cm³/mol. The zero-order chi connectivity index (χ0) is 15.9. The van der Waals surface area contributed by atoms with E-state index in [9.17, 15) is 9.90 Å². The Labute approximate surface area is 131 Å². The number of nitrogens with zero attached hydrogens (tertiary/aromatic N) is 2. The summed E-state index contributed by atoms with van der Waals surface area (Å²) in [6.45, 7) is 4.05. The number of likely N-dealkylation sites (tertiary alicyclic amines) is 1. The van der Waals surface area contributed by atoms with Crippen LogP contribution in [0.5, 0.6) is 0 Å². The first-order chi connectivity index (χ1) is 10.7. The fourth-order valence-electron chi connectivity index (χ4n) is 2.75. The summed E-state index contributed by atoms with van der Waals surface area (Å²) in [7, 11) is 1.63. The van der Waals surface area contributed by atoms with Crippen LogP contribution in [0.25, 0.3) is 0 Å². The van der Waals surface area contributed by atoms with Gasteiger partial charge in [0.25, 0.3) is 5.91 Å². The van der Waals surface area contributed by atoms with Crippen molar-refractivity contribution in [3.8, 4) is 0 Å². The van der Waals surface area contributed by atoms with Crippen molar-refractivity contribution in [2.45, 2.75) is 19.4 Å². The van der Waals surface area contributed by atoms with E-state index in [1.54, 1.807) is 30.5 Å². The summed E-state index contributed by atoms with van der Waals surface area (Å²) in [6.07, 6.45) is 4.01. The Bertz CT molecular complexity index is 495. The fourth-order valence-corrected chi connectivity index (χ4v) is 2.75. The maximum atomic E-state index is 12.7. The lowest BCUT2D eigenvalue weighted by Gasteiger charge is -2.37. The van der Waals surface area contributed by atoms with Crippen LogP contribution in [0.4, 0.5) is 0 Å². The normalized spacial score (nSPS) is 21.9. The van der Waals surface area contributed by atoms with E-state index in [1.165, 1.54) is 0 Å². The van der Waals surface area contributed by atoms with Gasteiger partial charge in [0.2, 0.25) is 0 Å². The van der Waals surface area contributed by atoms with Crippen LogP contribution >= 0.6 is 0 Å². The van der Waals surface area contributed by atoms with Gasteiger partial charge in [0.05, 0.1) is 19.3 Å². The van der Waals surface area contributed by atoms with Crippen LogP contribution in [-0.4, -0.2) is 67.0 Å². The number of carbonyl (C=O) groups excluding carboxylic acids is 1. The summed E-state index contributed by atoms with van der Waals surface area (Å²) in [5.74, 6) is 0.0192. The van der Waals surface area contributed by atoms with Gasteiger partial charge >= 0.3 is 0 Å². The van der Waals surface area contributed by atoms with E-state index in [-0.39, 0.29) is 24.5 Å². The Kier molecular flexibility index (Phi) is 6.30. The first-order valence-electron chi connectivity index (χ1n) is 7.57. The van der Waals surface area contributed by atoms with E-state index in [2.05, 4.69) is 4.98 Å². The molecule has 6 nitrogen and oxygen atoms in total. The van der Waals surface area contributed by atoms with Gasteiger partial charge < -0.3 is 19.5 Å². The lowest BCUT2D eigenvalue weighted by Crippen LogP contribution is -2.48. The van der Waals surface area contributed by atoms with Gasteiger partial charge in [-0.1, -0.05) is 0 Å². The van der Waals surface area contributed by atoms with E-state index >= 15 is 0 Å². The number of piperidine rings is 1. The molecule has 2 atom stereocenters. The third-order valence-electron chi connectivity index (χ3n) is 3.94. The molecule has 0 aromatic carbocycles. The molecule has 0 aliphatic carbocycles.